The third-order valence-corrected chi connectivity index (χ3v) is 3.78. The van der Waals surface area contributed by atoms with Crippen LogP contribution in [0.3, 0.4) is 0 Å². The SMILES string of the molecule is CC(C)n1ncnc1Cn1cc(CO)c2ccc(Cl)cc21. The lowest BCUT2D eigenvalue weighted by atomic mass is 10.2. The molecule has 110 valence electrons. The van der Waals surface area contributed by atoms with E-state index in [0.29, 0.717) is 11.6 Å². The number of aliphatic hydroxyl groups is 1. The molecule has 2 heterocycles. The van der Waals surface area contributed by atoms with Crippen LogP contribution in [-0.2, 0) is 13.2 Å². The van der Waals surface area contributed by atoms with Crippen LogP contribution in [-0.4, -0.2) is 24.4 Å². The van der Waals surface area contributed by atoms with Gasteiger partial charge < -0.3 is 9.67 Å². The van der Waals surface area contributed by atoms with Crippen LogP contribution in [0.25, 0.3) is 10.9 Å². The van der Waals surface area contributed by atoms with Gasteiger partial charge in [0.05, 0.1) is 18.7 Å². The van der Waals surface area contributed by atoms with Gasteiger partial charge in [0.25, 0.3) is 0 Å². The molecule has 0 aliphatic rings. The first-order chi connectivity index (χ1) is 10.1. The zero-order valence-electron chi connectivity index (χ0n) is 12.0. The van der Waals surface area contributed by atoms with Gasteiger partial charge >= 0.3 is 0 Å². The Bertz CT molecular complexity index is 775. The first-order valence-corrected chi connectivity index (χ1v) is 7.24. The van der Waals surface area contributed by atoms with Crippen LogP contribution in [0.15, 0.2) is 30.7 Å². The van der Waals surface area contributed by atoms with E-state index in [-0.39, 0.29) is 12.6 Å². The minimum atomic E-state index is 0.00199. The molecule has 2 aromatic heterocycles. The normalized spacial score (nSPS) is 11.7. The van der Waals surface area contributed by atoms with Crippen LogP contribution in [0, 0.1) is 0 Å². The third kappa shape index (κ3) is 2.54. The number of aliphatic hydroxyl groups excluding tert-OH is 1. The summed E-state index contributed by atoms with van der Waals surface area (Å²) in [5.74, 6) is 0.881. The summed E-state index contributed by atoms with van der Waals surface area (Å²) in [4.78, 5) is 4.33. The van der Waals surface area contributed by atoms with Crippen molar-refractivity contribution in [1.82, 2.24) is 19.3 Å². The molecule has 3 aromatic rings. The Labute approximate surface area is 127 Å². The topological polar surface area (TPSA) is 55.9 Å². The maximum atomic E-state index is 9.51. The van der Waals surface area contributed by atoms with Gasteiger partial charge in [-0.05, 0) is 26.0 Å². The van der Waals surface area contributed by atoms with E-state index in [1.165, 1.54) is 0 Å². The number of fused-ring (bicyclic) bond motifs is 1. The highest BCUT2D eigenvalue weighted by molar-refractivity contribution is 6.31. The van der Waals surface area contributed by atoms with Gasteiger partial charge in [-0.1, -0.05) is 17.7 Å². The molecule has 0 aliphatic carbocycles. The van der Waals surface area contributed by atoms with E-state index in [1.54, 1.807) is 6.33 Å². The number of halogens is 1. The van der Waals surface area contributed by atoms with Gasteiger partial charge in [-0.15, -0.1) is 0 Å². The van der Waals surface area contributed by atoms with Gasteiger partial charge in [0, 0.05) is 28.2 Å². The molecule has 0 radical (unpaired) electrons. The molecule has 0 saturated carbocycles. The predicted octanol–water partition coefficient (Wildman–Crippen LogP) is 3.01. The molecule has 0 unspecified atom stereocenters. The van der Waals surface area contributed by atoms with Crippen molar-refractivity contribution in [3.63, 3.8) is 0 Å². The maximum Gasteiger partial charge on any atom is 0.147 e. The van der Waals surface area contributed by atoms with Crippen molar-refractivity contribution in [2.75, 3.05) is 0 Å². The van der Waals surface area contributed by atoms with Crippen molar-refractivity contribution in [3.8, 4) is 0 Å². The zero-order valence-corrected chi connectivity index (χ0v) is 12.7. The van der Waals surface area contributed by atoms with E-state index < -0.39 is 0 Å². The molecular weight excluding hydrogens is 288 g/mol. The molecule has 0 atom stereocenters. The molecule has 0 spiro atoms. The molecule has 6 heteroatoms. The Morgan fingerprint density at radius 2 is 2.14 bits per heavy atom. The lowest BCUT2D eigenvalue weighted by Crippen LogP contribution is -2.11. The number of aromatic nitrogens is 4. The van der Waals surface area contributed by atoms with Gasteiger partial charge in [0.15, 0.2) is 0 Å². The average molecular weight is 305 g/mol. The minimum absolute atomic E-state index is 0.00199. The summed E-state index contributed by atoms with van der Waals surface area (Å²) in [7, 11) is 0. The molecule has 0 aliphatic heterocycles. The summed E-state index contributed by atoms with van der Waals surface area (Å²) in [5, 5.41) is 15.4. The highest BCUT2D eigenvalue weighted by Gasteiger charge is 2.12. The number of rotatable bonds is 4. The van der Waals surface area contributed by atoms with E-state index >= 15 is 0 Å². The molecular formula is C15H17ClN4O. The summed E-state index contributed by atoms with van der Waals surface area (Å²) in [6.45, 7) is 4.74. The Morgan fingerprint density at radius 1 is 1.33 bits per heavy atom. The molecule has 5 nitrogen and oxygen atoms in total. The van der Waals surface area contributed by atoms with E-state index in [4.69, 9.17) is 11.6 Å². The second kappa shape index (κ2) is 5.50. The quantitative estimate of drug-likeness (QED) is 0.806. The van der Waals surface area contributed by atoms with Crippen LogP contribution >= 0.6 is 11.6 Å². The van der Waals surface area contributed by atoms with Crippen LogP contribution in [0.4, 0.5) is 0 Å². The Balaban J connectivity index is 2.08. The Morgan fingerprint density at radius 3 is 2.86 bits per heavy atom. The highest BCUT2D eigenvalue weighted by atomic mass is 35.5. The van der Waals surface area contributed by atoms with Crippen molar-refractivity contribution >= 4 is 22.5 Å². The van der Waals surface area contributed by atoms with Gasteiger partial charge in [-0.25, -0.2) is 9.67 Å². The number of nitrogens with zero attached hydrogens (tertiary/aromatic N) is 4. The first kappa shape index (κ1) is 14.1. The molecule has 21 heavy (non-hydrogen) atoms. The molecule has 0 fully saturated rings. The highest BCUT2D eigenvalue weighted by Crippen LogP contribution is 2.25. The zero-order chi connectivity index (χ0) is 15.0. The molecule has 0 bridgehead atoms. The monoisotopic (exact) mass is 304 g/mol. The van der Waals surface area contributed by atoms with Gasteiger partial charge in [-0.3, -0.25) is 0 Å². The van der Waals surface area contributed by atoms with Gasteiger partial charge in [0.1, 0.15) is 12.2 Å². The van der Waals surface area contributed by atoms with Gasteiger partial charge in [0.2, 0.25) is 0 Å². The van der Waals surface area contributed by atoms with Crippen LogP contribution in [0.5, 0.6) is 0 Å². The first-order valence-electron chi connectivity index (χ1n) is 6.86. The summed E-state index contributed by atoms with van der Waals surface area (Å²) in [6, 6.07) is 5.94. The van der Waals surface area contributed by atoms with Crippen molar-refractivity contribution in [1.29, 1.82) is 0 Å². The van der Waals surface area contributed by atoms with Crippen LogP contribution in [0.1, 0.15) is 31.3 Å². The summed E-state index contributed by atoms with van der Waals surface area (Å²) >= 11 is 6.10. The fourth-order valence-corrected chi connectivity index (χ4v) is 2.74. The molecule has 0 amide bonds. The van der Waals surface area contributed by atoms with Crippen molar-refractivity contribution in [2.45, 2.75) is 33.0 Å². The summed E-state index contributed by atoms with van der Waals surface area (Å²) in [6.07, 6.45) is 3.52. The van der Waals surface area contributed by atoms with Gasteiger partial charge in [-0.2, -0.15) is 5.10 Å². The van der Waals surface area contributed by atoms with E-state index in [2.05, 4.69) is 28.5 Å². The van der Waals surface area contributed by atoms with Crippen molar-refractivity contribution in [2.24, 2.45) is 0 Å². The second-order valence-electron chi connectivity index (χ2n) is 5.32. The number of benzene rings is 1. The maximum absolute atomic E-state index is 9.51. The lowest BCUT2D eigenvalue weighted by molar-refractivity contribution is 0.283. The summed E-state index contributed by atoms with van der Waals surface area (Å²) in [5.41, 5.74) is 1.88. The minimum Gasteiger partial charge on any atom is -0.392 e. The smallest absolute Gasteiger partial charge is 0.147 e. The second-order valence-corrected chi connectivity index (χ2v) is 5.75. The third-order valence-electron chi connectivity index (χ3n) is 3.55. The number of hydrogen-bond donors (Lipinski definition) is 1. The van der Waals surface area contributed by atoms with E-state index in [9.17, 15) is 5.11 Å². The predicted molar refractivity (Wildman–Crippen MR) is 82.4 cm³/mol. The standard InChI is InChI=1S/C15H17ClN4O/c1-10(2)20-15(17-9-18-20)7-19-6-11(8-21)13-4-3-12(16)5-14(13)19/h3-6,9-10,21H,7-8H2,1-2H3. The van der Waals surface area contributed by atoms with Crippen molar-refractivity contribution in [3.05, 3.63) is 47.1 Å². The fourth-order valence-electron chi connectivity index (χ4n) is 2.57. The summed E-state index contributed by atoms with van der Waals surface area (Å²) < 4.78 is 3.95. The van der Waals surface area contributed by atoms with Crippen molar-refractivity contribution < 1.29 is 5.11 Å². The van der Waals surface area contributed by atoms with E-state index in [0.717, 1.165) is 22.3 Å². The number of hydrogen-bond acceptors (Lipinski definition) is 3. The van der Waals surface area contributed by atoms with Crippen LogP contribution < -0.4 is 0 Å². The lowest BCUT2D eigenvalue weighted by Gasteiger charge is -2.10. The average Bonchev–Trinajstić information content (AvgIpc) is 3.04. The molecule has 0 saturated heterocycles. The van der Waals surface area contributed by atoms with Crippen LogP contribution in [0.2, 0.25) is 5.02 Å². The Hall–Kier alpha value is -1.85. The molecule has 1 N–H and O–H groups in total. The van der Waals surface area contributed by atoms with E-state index in [1.807, 2.05) is 29.1 Å². The Kier molecular flexibility index (Phi) is 3.69. The largest absolute Gasteiger partial charge is 0.392 e. The molecule has 1 aromatic carbocycles. The molecule has 3 rings (SSSR count). The fraction of sp³-hybridized carbons (Fsp3) is 0.333.